The molecule has 2 N–H and O–H groups in total. The van der Waals surface area contributed by atoms with E-state index in [2.05, 4.69) is 26.0 Å². The van der Waals surface area contributed by atoms with Gasteiger partial charge in [-0.15, -0.1) is 0 Å². The van der Waals surface area contributed by atoms with E-state index in [1.54, 1.807) is 4.57 Å². The summed E-state index contributed by atoms with van der Waals surface area (Å²) in [5, 5.41) is 0. The fraction of sp³-hybridized carbons (Fsp3) is 0.304. The molecule has 144 valence electrons. The average Bonchev–Trinajstić information content (AvgIpc) is 2.67. The van der Waals surface area contributed by atoms with Crippen LogP contribution in [0.4, 0.5) is 5.69 Å². The maximum Gasteiger partial charge on any atom is 0.330 e. The molecular formula is C23H26N4O. The highest BCUT2D eigenvalue weighted by atomic mass is 16.1. The molecule has 1 aliphatic heterocycles. The zero-order chi connectivity index (χ0) is 19.8. The second-order valence-corrected chi connectivity index (χ2v) is 7.50. The highest BCUT2D eigenvalue weighted by Crippen LogP contribution is 2.30. The van der Waals surface area contributed by atoms with Gasteiger partial charge in [-0.25, -0.2) is 9.79 Å². The third kappa shape index (κ3) is 3.12. The fourth-order valence-corrected chi connectivity index (χ4v) is 3.86. The molecule has 1 aliphatic rings. The second-order valence-electron chi connectivity index (χ2n) is 7.50. The molecular weight excluding hydrogens is 348 g/mol. The number of fused-ring (bicyclic) bond motifs is 3. The van der Waals surface area contributed by atoms with Crippen molar-refractivity contribution in [3.05, 3.63) is 80.7 Å². The van der Waals surface area contributed by atoms with Crippen LogP contribution in [-0.2, 0) is 19.5 Å². The van der Waals surface area contributed by atoms with E-state index < -0.39 is 0 Å². The lowest BCUT2D eigenvalue weighted by atomic mass is 9.93. The van der Waals surface area contributed by atoms with E-state index in [1.165, 1.54) is 16.7 Å². The van der Waals surface area contributed by atoms with Crippen LogP contribution in [0.15, 0.2) is 52.3 Å². The molecule has 0 fully saturated rings. The van der Waals surface area contributed by atoms with E-state index in [1.807, 2.05) is 41.8 Å². The van der Waals surface area contributed by atoms with Crippen molar-refractivity contribution in [2.24, 2.45) is 10.7 Å². The molecule has 5 nitrogen and oxygen atoms in total. The van der Waals surface area contributed by atoms with Crippen molar-refractivity contribution in [2.75, 3.05) is 6.54 Å². The van der Waals surface area contributed by atoms with Gasteiger partial charge in [0.1, 0.15) is 5.49 Å². The maximum atomic E-state index is 13.3. The highest BCUT2D eigenvalue weighted by molar-refractivity contribution is 5.67. The minimum Gasteiger partial charge on any atom is -0.329 e. The van der Waals surface area contributed by atoms with Gasteiger partial charge in [0.2, 0.25) is 0 Å². The van der Waals surface area contributed by atoms with Crippen molar-refractivity contribution >= 4 is 5.69 Å². The second kappa shape index (κ2) is 7.24. The lowest BCUT2D eigenvalue weighted by Crippen LogP contribution is -2.43. The van der Waals surface area contributed by atoms with Crippen LogP contribution >= 0.6 is 0 Å². The van der Waals surface area contributed by atoms with Crippen LogP contribution in [0.5, 0.6) is 0 Å². The number of aryl methyl sites for hydroxylation is 4. The summed E-state index contributed by atoms with van der Waals surface area (Å²) >= 11 is 0. The maximum absolute atomic E-state index is 13.3. The van der Waals surface area contributed by atoms with Crippen molar-refractivity contribution < 1.29 is 0 Å². The van der Waals surface area contributed by atoms with Gasteiger partial charge in [0.05, 0.1) is 11.4 Å². The molecule has 0 saturated heterocycles. The SMILES string of the molecule is Cc1cc2c(cc1C)-c1cc(=Nc3ccccc3C)n(CCN)c(=O)n1CC2. The Bertz CT molecular complexity index is 1180. The monoisotopic (exact) mass is 374 g/mol. The summed E-state index contributed by atoms with van der Waals surface area (Å²) in [4.78, 5) is 18.1. The summed E-state index contributed by atoms with van der Waals surface area (Å²) in [6.45, 7) is 7.80. The minimum atomic E-state index is -0.0424. The number of hydrogen-bond acceptors (Lipinski definition) is 3. The molecule has 0 atom stereocenters. The van der Waals surface area contributed by atoms with Crippen molar-refractivity contribution in [1.82, 2.24) is 9.13 Å². The summed E-state index contributed by atoms with van der Waals surface area (Å²) in [6, 6.07) is 14.4. The first-order valence-electron chi connectivity index (χ1n) is 9.75. The van der Waals surface area contributed by atoms with Gasteiger partial charge in [-0.3, -0.25) is 9.13 Å². The molecule has 0 spiro atoms. The normalized spacial score (nSPS) is 13.4. The lowest BCUT2D eigenvalue weighted by Gasteiger charge is -2.24. The molecule has 0 bridgehead atoms. The molecule has 2 aromatic carbocycles. The van der Waals surface area contributed by atoms with E-state index >= 15 is 0 Å². The van der Waals surface area contributed by atoms with E-state index in [-0.39, 0.29) is 5.69 Å². The van der Waals surface area contributed by atoms with Crippen LogP contribution in [0.3, 0.4) is 0 Å². The van der Waals surface area contributed by atoms with Crippen molar-refractivity contribution in [3.63, 3.8) is 0 Å². The van der Waals surface area contributed by atoms with Gasteiger partial charge in [0.25, 0.3) is 0 Å². The highest BCUT2D eigenvalue weighted by Gasteiger charge is 2.20. The third-order valence-electron chi connectivity index (χ3n) is 5.60. The van der Waals surface area contributed by atoms with Gasteiger partial charge in [-0.05, 0) is 61.6 Å². The first-order valence-corrected chi connectivity index (χ1v) is 9.75. The molecule has 0 radical (unpaired) electrons. The van der Waals surface area contributed by atoms with Gasteiger partial charge in [0, 0.05) is 31.3 Å². The Morgan fingerprint density at radius 2 is 1.79 bits per heavy atom. The van der Waals surface area contributed by atoms with Crippen LogP contribution in [0.1, 0.15) is 22.3 Å². The number of benzene rings is 2. The number of hydrogen-bond donors (Lipinski definition) is 1. The van der Waals surface area contributed by atoms with Gasteiger partial charge in [-0.2, -0.15) is 0 Å². The molecule has 3 aromatic rings. The van der Waals surface area contributed by atoms with Gasteiger partial charge in [-0.1, -0.05) is 24.3 Å². The Balaban J connectivity index is 2.03. The fourth-order valence-electron chi connectivity index (χ4n) is 3.86. The summed E-state index contributed by atoms with van der Waals surface area (Å²) in [5.74, 6) is 0. The number of para-hydroxylation sites is 1. The largest absolute Gasteiger partial charge is 0.330 e. The number of aromatic nitrogens is 2. The standard InChI is InChI=1S/C23H26N4O/c1-15-6-4-5-7-20(15)25-22-14-21-19-13-17(3)16(2)12-18(19)8-10-26(21)23(28)27(22)11-9-24/h4-7,12-14H,8-11,24H2,1-3H3. The molecule has 0 unspecified atom stereocenters. The Morgan fingerprint density at radius 1 is 1.04 bits per heavy atom. The van der Waals surface area contributed by atoms with Crippen molar-refractivity contribution in [2.45, 2.75) is 40.3 Å². The summed E-state index contributed by atoms with van der Waals surface area (Å²) in [7, 11) is 0. The zero-order valence-electron chi connectivity index (χ0n) is 16.7. The molecule has 0 amide bonds. The summed E-state index contributed by atoms with van der Waals surface area (Å²) < 4.78 is 3.56. The molecule has 4 rings (SSSR count). The number of nitrogens with two attached hydrogens (primary N) is 1. The molecule has 0 saturated carbocycles. The van der Waals surface area contributed by atoms with E-state index in [0.717, 1.165) is 28.9 Å². The molecule has 5 heteroatoms. The summed E-state index contributed by atoms with van der Waals surface area (Å²) in [6.07, 6.45) is 0.861. The van der Waals surface area contributed by atoms with Crippen molar-refractivity contribution in [1.29, 1.82) is 0 Å². The first-order chi connectivity index (χ1) is 13.5. The Morgan fingerprint density at radius 3 is 2.54 bits per heavy atom. The van der Waals surface area contributed by atoms with E-state index in [4.69, 9.17) is 10.7 Å². The Hall–Kier alpha value is -2.92. The predicted molar refractivity (Wildman–Crippen MR) is 113 cm³/mol. The van der Waals surface area contributed by atoms with Crippen LogP contribution in [-0.4, -0.2) is 15.7 Å². The quantitative estimate of drug-likeness (QED) is 0.766. The third-order valence-corrected chi connectivity index (χ3v) is 5.60. The summed E-state index contributed by atoms with van der Waals surface area (Å²) in [5.41, 5.74) is 14.2. The zero-order valence-corrected chi connectivity index (χ0v) is 16.7. The van der Waals surface area contributed by atoms with E-state index in [0.29, 0.717) is 25.1 Å². The van der Waals surface area contributed by atoms with Gasteiger partial charge >= 0.3 is 5.69 Å². The van der Waals surface area contributed by atoms with Crippen LogP contribution in [0.25, 0.3) is 11.3 Å². The van der Waals surface area contributed by atoms with Gasteiger partial charge < -0.3 is 5.73 Å². The van der Waals surface area contributed by atoms with Crippen LogP contribution in [0, 0.1) is 20.8 Å². The number of rotatable bonds is 3. The smallest absolute Gasteiger partial charge is 0.329 e. The molecule has 28 heavy (non-hydrogen) atoms. The predicted octanol–water partition coefficient (Wildman–Crippen LogP) is 2.99. The van der Waals surface area contributed by atoms with Crippen LogP contribution in [0.2, 0.25) is 0 Å². The molecule has 1 aromatic heterocycles. The Labute approximate surface area is 164 Å². The molecule has 2 heterocycles. The van der Waals surface area contributed by atoms with Gasteiger partial charge in [0.15, 0.2) is 0 Å². The number of nitrogens with zero attached hydrogens (tertiary/aromatic N) is 3. The topological polar surface area (TPSA) is 65.3 Å². The van der Waals surface area contributed by atoms with E-state index in [9.17, 15) is 4.79 Å². The lowest BCUT2D eigenvalue weighted by molar-refractivity contribution is 0.547. The minimum absolute atomic E-state index is 0.0424. The average molecular weight is 374 g/mol. The first kappa shape index (κ1) is 18.4. The van der Waals surface area contributed by atoms with Crippen molar-refractivity contribution in [3.8, 4) is 11.3 Å². The Kier molecular flexibility index (Phi) is 4.77. The van der Waals surface area contributed by atoms with Crippen LogP contribution < -0.4 is 16.9 Å². The molecule has 0 aliphatic carbocycles.